The van der Waals surface area contributed by atoms with E-state index in [1.807, 2.05) is 24.3 Å². The number of amides is 1. The molecule has 1 aromatic carbocycles. The molecule has 1 aromatic rings. The Kier molecular flexibility index (Phi) is 10.9. The van der Waals surface area contributed by atoms with E-state index in [-0.39, 0.29) is 35.8 Å². The van der Waals surface area contributed by atoms with E-state index >= 15 is 0 Å². The van der Waals surface area contributed by atoms with Gasteiger partial charge in [0.1, 0.15) is 0 Å². The van der Waals surface area contributed by atoms with Crippen molar-refractivity contribution < 1.29 is 4.79 Å². The summed E-state index contributed by atoms with van der Waals surface area (Å²) in [5, 5.41) is 7.33. The van der Waals surface area contributed by atoms with Gasteiger partial charge in [-0.3, -0.25) is 9.79 Å². The zero-order valence-electron chi connectivity index (χ0n) is 15.2. The summed E-state index contributed by atoms with van der Waals surface area (Å²) in [6.07, 6.45) is 2.96. The highest BCUT2D eigenvalue weighted by Gasteiger charge is 2.23. The van der Waals surface area contributed by atoms with Crippen molar-refractivity contribution >= 4 is 47.4 Å². The summed E-state index contributed by atoms with van der Waals surface area (Å²) >= 11 is 5.99. The Bertz CT molecular complexity index is 599. The summed E-state index contributed by atoms with van der Waals surface area (Å²) in [6, 6.07) is 7.76. The molecule has 1 aliphatic heterocycles. The van der Waals surface area contributed by atoms with Crippen LogP contribution in [0.15, 0.2) is 29.3 Å². The van der Waals surface area contributed by atoms with Gasteiger partial charge in [0.2, 0.25) is 5.91 Å². The second-order valence-corrected chi connectivity index (χ2v) is 6.81. The van der Waals surface area contributed by atoms with Crippen LogP contribution in [0.25, 0.3) is 0 Å². The molecule has 146 valence electrons. The van der Waals surface area contributed by atoms with Gasteiger partial charge in [0.05, 0.1) is 5.92 Å². The van der Waals surface area contributed by atoms with Gasteiger partial charge in [-0.2, -0.15) is 0 Å². The van der Waals surface area contributed by atoms with E-state index < -0.39 is 0 Å². The van der Waals surface area contributed by atoms with Crippen molar-refractivity contribution in [2.75, 3.05) is 33.2 Å². The van der Waals surface area contributed by atoms with Gasteiger partial charge >= 0.3 is 0 Å². The number of carbonyl (C=O) groups excluding carboxylic acids is 1. The van der Waals surface area contributed by atoms with Crippen molar-refractivity contribution in [2.45, 2.75) is 25.8 Å². The smallest absolute Gasteiger partial charge is 0.221 e. The maximum Gasteiger partial charge on any atom is 0.221 e. The number of benzene rings is 1. The van der Waals surface area contributed by atoms with Crippen LogP contribution in [0.5, 0.6) is 0 Å². The number of halogens is 2. The predicted octanol–water partition coefficient (Wildman–Crippen LogP) is 2.21. The molecule has 0 aliphatic carbocycles. The van der Waals surface area contributed by atoms with Crippen LogP contribution in [0.4, 0.5) is 0 Å². The average Bonchev–Trinajstić information content (AvgIpc) is 2.61. The third-order valence-corrected chi connectivity index (χ3v) is 4.66. The van der Waals surface area contributed by atoms with Crippen LogP contribution in [0, 0.1) is 5.92 Å². The molecule has 26 heavy (non-hydrogen) atoms. The Morgan fingerprint density at radius 3 is 2.92 bits per heavy atom. The topological polar surface area (TPSA) is 82.8 Å². The average molecular weight is 494 g/mol. The second kappa shape index (κ2) is 12.3. The van der Waals surface area contributed by atoms with E-state index in [0.717, 1.165) is 62.0 Å². The van der Waals surface area contributed by atoms with Crippen LogP contribution in [0.1, 0.15) is 24.8 Å². The van der Waals surface area contributed by atoms with Gasteiger partial charge < -0.3 is 21.3 Å². The van der Waals surface area contributed by atoms with E-state index in [0.29, 0.717) is 6.54 Å². The molecule has 2 rings (SSSR count). The third-order valence-electron chi connectivity index (χ3n) is 4.42. The molecule has 0 radical (unpaired) electrons. The molecule has 1 amide bonds. The number of hydrogen-bond acceptors (Lipinski definition) is 3. The lowest BCUT2D eigenvalue weighted by Crippen LogP contribution is -2.42. The first kappa shape index (κ1) is 23.0. The lowest BCUT2D eigenvalue weighted by molar-refractivity contribution is -0.123. The van der Waals surface area contributed by atoms with E-state index in [1.165, 1.54) is 0 Å². The highest BCUT2D eigenvalue weighted by molar-refractivity contribution is 14.0. The zero-order chi connectivity index (χ0) is 18.1. The highest BCUT2D eigenvalue weighted by atomic mass is 127. The molecule has 1 atom stereocenters. The number of guanidine groups is 1. The van der Waals surface area contributed by atoms with Crippen molar-refractivity contribution in [3.63, 3.8) is 0 Å². The van der Waals surface area contributed by atoms with Crippen molar-refractivity contribution in [3.8, 4) is 0 Å². The fraction of sp³-hybridized carbons (Fsp3) is 0.556. The first-order valence-corrected chi connectivity index (χ1v) is 9.17. The molecule has 0 spiro atoms. The zero-order valence-corrected chi connectivity index (χ0v) is 18.3. The normalized spacial score (nSPS) is 18.1. The maximum absolute atomic E-state index is 11.3. The Hall–Kier alpha value is -1.06. The molecule has 0 saturated carbocycles. The summed E-state index contributed by atoms with van der Waals surface area (Å²) in [7, 11) is 1.76. The van der Waals surface area contributed by atoms with Gasteiger partial charge in [-0.25, -0.2) is 0 Å². The quantitative estimate of drug-likeness (QED) is 0.235. The minimum atomic E-state index is -0.173. The first-order valence-electron chi connectivity index (χ1n) is 8.79. The van der Waals surface area contributed by atoms with Crippen LogP contribution in [-0.4, -0.2) is 50.0 Å². The molecule has 6 nitrogen and oxygen atoms in total. The molecule has 8 heteroatoms. The Morgan fingerprint density at radius 2 is 2.23 bits per heavy atom. The van der Waals surface area contributed by atoms with Gasteiger partial charge in [0.15, 0.2) is 5.96 Å². The second-order valence-electron chi connectivity index (χ2n) is 6.38. The summed E-state index contributed by atoms with van der Waals surface area (Å²) in [6.45, 7) is 4.30. The van der Waals surface area contributed by atoms with Crippen LogP contribution in [0.2, 0.25) is 5.02 Å². The van der Waals surface area contributed by atoms with E-state index in [1.54, 1.807) is 7.05 Å². The van der Waals surface area contributed by atoms with Crippen LogP contribution < -0.4 is 16.4 Å². The van der Waals surface area contributed by atoms with Gasteiger partial charge in [0, 0.05) is 31.7 Å². The fourth-order valence-electron chi connectivity index (χ4n) is 3.05. The van der Waals surface area contributed by atoms with Gasteiger partial charge in [-0.15, -0.1) is 24.0 Å². The van der Waals surface area contributed by atoms with Gasteiger partial charge in [0.25, 0.3) is 0 Å². The maximum atomic E-state index is 11.3. The standard InChI is InChI=1S/C18H28ClN5O.HI/c1-21-18(23-12-14-5-2-7-16(19)11-14)22-8-4-10-24-9-3-6-15(13-24)17(20)25;/h2,5,7,11,15H,3-4,6,8-10,12-13H2,1H3,(H2,20,25)(H2,21,22,23);1H. The number of hydrogen-bond donors (Lipinski definition) is 3. The number of piperidine rings is 1. The summed E-state index contributed by atoms with van der Waals surface area (Å²) in [4.78, 5) is 17.9. The molecule has 1 saturated heterocycles. The van der Waals surface area contributed by atoms with Crippen molar-refractivity contribution in [1.29, 1.82) is 0 Å². The first-order chi connectivity index (χ1) is 12.1. The van der Waals surface area contributed by atoms with Crippen LogP contribution in [0.3, 0.4) is 0 Å². The van der Waals surface area contributed by atoms with Gasteiger partial charge in [-0.1, -0.05) is 23.7 Å². The fourth-order valence-corrected chi connectivity index (χ4v) is 3.27. The molecular weight excluding hydrogens is 465 g/mol. The van der Waals surface area contributed by atoms with Crippen LogP contribution >= 0.6 is 35.6 Å². The lowest BCUT2D eigenvalue weighted by Gasteiger charge is -2.31. The molecule has 1 fully saturated rings. The Balaban J connectivity index is 0.00000338. The number of nitrogens with zero attached hydrogens (tertiary/aromatic N) is 2. The Labute approximate surface area is 178 Å². The molecule has 4 N–H and O–H groups in total. The van der Waals surface area contributed by atoms with Crippen molar-refractivity contribution in [1.82, 2.24) is 15.5 Å². The molecule has 0 bridgehead atoms. The number of primary amides is 1. The number of likely N-dealkylation sites (tertiary alicyclic amines) is 1. The number of nitrogens with one attached hydrogen (secondary N) is 2. The third kappa shape index (κ3) is 8.09. The highest BCUT2D eigenvalue weighted by Crippen LogP contribution is 2.15. The molecular formula is C18H29ClIN5O. The number of carbonyl (C=O) groups is 1. The SMILES string of the molecule is CN=C(NCCCN1CCCC(C(N)=O)C1)NCc1cccc(Cl)c1.I. The summed E-state index contributed by atoms with van der Waals surface area (Å²) in [5.74, 6) is 0.607. The number of nitrogens with two attached hydrogens (primary N) is 1. The van der Waals surface area contributed by atoms with Crippen molar-refractivity contribution in [3.05, 3.63) is 34.9 Å². The minimum absolute atomic E-state index is 0. The largest absolute Gasteiger partial charge is 0.369 e. The number of rotatable bonds is 7. The molecule has 1 aliphatic rings. The van der Waals surface area contributed by atoms with E-state index in [2.05, 4.69) is 20.5 Å². The minimum Gasteiger partial charge on any atom is -0.369 e. The molecule has 1 heterocycles. The number of aliphatic imine (C=N–C) groups is 1. The lowest BCUT2D eigenvalue weighted by atomic mass is 9.97. The predicted molar refractivity (Wildman–Crippen MR) is 118 cm³/mol. The molecule has 0 aromatic heterocycles. The summed E-state index contributed by atoms with van der Waals surface area (Å²) < 4.78 is 0. The van der Waals surface area contributed by atoms with Gasteiger partial charge in [-0.05, 0) is 50.0 Å². The van der Waals surface area contributed by atoms with E-state index in [4.69, 9.17) is 17.3 Å². The monoisotopic (exact) mass is 493 g/mol. The van der Waals surface area contributed by atoms with E-state index in [9.17, 15) is 4.79 Å². The van der Waals surface area contributed by atoms with Crippen LogP contribution in [-0.2, 0) is 11.3 Å². The van der Waals surface area contributed by atoms with Crippen molar-refractivity contribution in [2.24, 2.45) is 16.6 Å². The summed E-state index contributed by atoms with van der Waals surface area (Å²) in [5.41, 5.74) is 6.53. The Morgan fingerprint density at radius 1 is 1.42 bits per heavy atom. The molecule has 1 unspecified atom stereocenters.